The molecule has 1 unspecified atom stereocenters. The molecule has 0 fully saturated rings. The monoisotopic (exact) mass is 307 g/mol. The van der Waals surface area contributed by atoms with E-state index in [4.69, 9.17) is 0 Å². The van der Waals surface area contributed by atoms with Gasteiger partial charge in [-0.3, -0.25) is 4.79 Å². The van der Waals surface area contributed by atoms with Gasteiger partial charge in [-0.2, -0.15) is 0 Å². The summed E-state index contributed by atoms with van der Waals surface area (Å²) in [6.07, 6.45) is 0. The van der Waals surface area contributed by atoms with Crippen LogP contribution in [-0.2, 0) is 0 Å². The molecule has 0 aliphatic heterocycles. The quantitative estimate of drug-likeness (QED) is 0.621. The van der Waals surface area contributed by atoms with Gasteiger partial charge < -0.3 is 0 Å². The summed E-state index contributed by atoms with van der Waals surface area (Å²) in [5, 5.41) is 0.217. The van der Waals surface area contributed by atoms with Crippen LogP contribution in [0.1, 0.15) is 28.5 Å². The highest BCUT2D eigenvalue weighted by Gasteiger charge is 2.20. The molecule has 0 N–H and O–H groups in total. The molecule has 2 aromatic rings. The van der Waals surface area contributed by atoms with Crippen LogP contribution in [0.25, 0.3) is 0 Å². The number of halogens is 2. The van der Waals surface area contributed by atoms with Gasteiger partial charge in [0.2, 0.25) is 0 Å². The molecule has 110 valence electrons. The minimum atomic E-state index is -0.833. The van der Waals surface area contributed by atoms with Crippen molar-refractivity contribution in [3.63, 3.8) is 0 Å². The van der Waals surface area contributed by atoms with Crippen molar-refractivity contribution in [2.45, 2.75) is 31.0 Å². The van der Waals surface area contributed by atoms with Gasteiger partial charge in [0.15, 0.2) is 5.78 Å². The Kier molecular flexibility index (Phi) is 4.73. The van der Waals surface area contributed by atoms with E-state index in [0.29, 0.717) is 0 Å². The van der Waals surface area contributed by atoms with Crippen molar-refractivity contribution in [3.8, 4) is 0 Å². The summed E-state index contributed by atoms with van der Waals surface area (Å²) in [5.41, 5.74) is 1.82. The Balaban J connectivity index is 2.19. The first kappa shape index (κ1) is 15.6. The molecule has 1 aromatic heterocycles. The summed E-state index contributed by atoms with van der Waals surface area (Å²) in [5.74, 6) is -1.90. The molecular weight excluding hydrogens is 292 g/mol. The summed E-state index contributed by atoms with van der Waals surface area (Å²) in [6, 6.07) is 6.81. The largest absolute Gasteiger partial charge is 0.293 e. The molecule has 1 aromatic carbocycles. The molecule has 0 amide bonds. The van der Waals surface area contributed by atoms with Crippen LogP contribution in [0.4, 0.5) is 8.78 Å². The molecule has 0 aliphatic carbocycles. The van der Waals surface area contributed by atoms with Gasteiger partial charge in [0.1, 0.15) is 11.6 Å². The molecule has 0 bridgehead atoms. The van der Waals surface area contributed by atoms with Crippen molar-refractivity contribution in [2.75, 3.05) is 0 Å². The molecule has 0 spiro atoms. The standard InChI is InChI=1S/C16H15F2NOS/c1-9-6-10(2)19-15(7-9)21-11(3)16(20)13-5-4-12(17)8-14(13)18/h4-8,11H,1-3H3. The van der Waals surface area contributed by atoms with Gasteiger partial charge >= 0.3 is 0 Å². The summed E-state index contributed by atoms with van der Waals surface area (Å²) >= 11 is 1.27. The fraction of sp³-hybridized carbons (Fsp3) is 0.250. The molecule has 1 heterocycles. The average molecular weight is 307 g/mol. The van der Waals surface area contributed by atoms with Crippen molar-refractivity contribution in [3.05, 3.63) is 58.8 Å². The van der Waals surface area contributed by atoms with Crippen molar-refractivity contribution >= 4 is 17.5 Å². The number of Topliss-reactive ketones (excluding diaryl/α,β-unsaturated/α-hetero) is 1. The number of benzene rings is 1. The number of carbonyl (C=O) groups is 1. The maximum atomic E-state index is 13.6. The van der Waals surface area contributed by atoms with E-state index in [-0.39, 0.29) is 11.3 Å². The Labute approximate surface area is 126 Å². The number of carbonyl (C=O) groups excluding carboxylic acids is 1. The van der Waals surface area contributed by atoms with Crippen LogP contribution < -0.4 is 0 Å². The Morgan fingerprint density at radius 3 is 2.52 bits per heavy atom. The normalized spacial score (nSPS) is 12.2. The summed E-state index contributed by atoms with van der Waals surface area (Å²) in [7, 11) is 0. The maximum absolute atomic E-state index is 13.6. The lowest BCUT2D eigenvalue weighted by Crippen LogP contribution is -2.15. The van der Waals surface area contributed by atoms with Crippen LogP contribution in [0.3, 0.4) is 0 Å². The van der Waals surface area contributed by atoms with E-state index in [1.54, 1.807) is 6.92 Å². The zero-order valence-electron chi connectivity index (χ0n) is 12.0. The Morgan fingerprint density at radius 2 is 1.90 bits per heavy atom. The van der Waals surface area contributed by atoms with Crippen LogP contribution in [0.15, 0.2) is 35.4 Å². The molecule has 2 rings (SSSR count). The van der Waals surface area contributed by atoms with Crippen LogP contribution >= 0.6 is 11.8 Å². The fourth-order valence-electron chi connectivity index (χ4n) is 2.01. The number of rotatable bonds is 4. The SMILES string of the molecule is Cc1cc(C)nc(SC(C)C(=O)c2ccc(F)cc2F)c1. The highest BCUT2D eigenvalue weighted by molar-refractivity contribution is 8.00. The Bertz CT molecular complexity index is 668. The number of aromatic nitrogens is 1. The van der Waals surface area contributed by atoms with Crippen molar-refractivity contribution in [1.82, 2.24) is 4.98 Å². The van der Waals surface area contributed by atoms with Gasteiger partial charge in [-0.25, -0.2) is 13.8 Å². The van der Waals surface area contributed by atoms with Crippen molar-refractivity contribution in [1.29, 1.82) is 0 Å². The zero-order chi connectivity index (χ0) is 15.6. The molecule has 0 aliphatic rings. The molecule has 21 heavy (non-hydrogen) atoms. The average Bonchev–Trinajstić information content (AvgIpc) is 2.36. The second kappa shape index (κ2) is 6.35. The molecule has 1 atom stereocenters. The van der Waals surface area contributed by atoms with Gasteiger partial charge in [0.25, 0.3) is 0 Å². The Hall–Kier alpha value is -1.75. The lowest BCUT2D eigenvalue weighted by atomic mass is 10.1. The van der Waals surface area contributed by atoms with Crippen LogP contribution in [0.2, 0.25) is 0 Å². The molecule has 2 nitrogen and oxygen atoms in total. The van der Waals surface area contributed by atoms with Gasteiger partial charge in [0, 0.05) is 11.8 Å². The number of hydrogen-bond acceptors (Lipinski definition) is 3. The fourth-order valence-corrected chi connectivity index (χ4v) is 3.05. The highest BCUT2D eigenvalue weighted by Crippen LogP contribution is 2.26. The zero-order valence-corrected chi connectivity index (χ0v) is 12.8. The molecular formula is C16H15F2NOS. The van der Waals surface area contributed by atoms with Crippen molar-refractivity contribution < 1.29 is 13.6 Å². The summed E-state index contributed by atoms with van der Waals surface area (Å²) in [6.45, 7) is 5.52. The van der Waals surface area contributed by atoms with E-state index in [1.165, 1.54) is 17.8 Å². The van der Waals surface area contributed by atoms with E-state index in [1.807, 2.05) is 26.0 Å². The lowest BCUT2D eigenvalue weighted by molar-refractivity contribution is 0.0990. The van der Waals surface area contributed by atoms with E-state index in [9.17, 15) is 13.6 Å². The van der Waals surface area contributed by atoms with Gasteiger partial charge in [0.05, 0.1) is 15.8 Å². The van der Waals surface area contributed by atoms with Gasteiger partial charge in [-0.15, -0.1) is 0 Å². The number of aryl methyl sites for hydroxylation is 2. The van der Waals surface area contributed by atoms with E-state index in [2.05, 4.69) is 4.98 Å². The minimum absolute atomic E-state index is 0.0965. The van der Waals surface area contributed by atoms with Gasteiger partial charge in [-0.05, 0) is 50.6 Å². The Morgan fingerprint density at radius 1 is 1.19 bits per heavy atom. The van der Waals surface area contributed by atoms with E-state index < -0.39 is 16.9 Å². The van der Waals surface area contributed by atoms with Gasteiger partial charge in [-0.1, -0.05) is 11.8 Å². The first-order chi connectivity index (χ1) is 9.86. The topological polar surface area (TPSA) is 30.0 Å². The van der Waals surface area contributed by atoms with Crippen LogP contribution in [0, 0.1) is 25.5 Å². The number of pyridine rings is 1. The lowest BCUT2D eigenvalue weighted by Gasteiger charge is -2.11. The van der Waals surface area contributed by atoms with E-state index in [0.717, 1.165) is 28.4 Å². The molecule has 0 radical (unpaired) electrons. The van der Waals surface area contributed by atoms with Crippen molar-refractivity contribution in [2.24, 2.45) is 0 Å². The third kappa shape index (κ3) is 3.88. The smallest absolute Gasteiger partial charge is 0.178 e. The number of thioether (sulfide) groups is 1. The second-order valence-corrected chi connectivity index (χ2v) is 6.23. The predicted octanol–water partition coefficient (Wildman–Crippen LogP) is 4.34. The van der Waals surface area contributed by atoms with Crippen LogP contribution in [0.5, 0.6) is 0 Å². The highest BCUT2D eigenvalue weighted by atomic mass is 32.2. The number of hydrogen-bond donors (Lipinski definition) is 0. The number of nitrogens with zero attached hydrogens (tertiary/aromatic N) is 1. The maximum Gasteiger partial charge on any atom is 0.178 e. The van der Waals surface area contributed by atoms with Crippen LogP contribution in [-0.4, -0.2) is 16.0 Å². The third-order valence-corrected chi connectivity index (χ3v) is 3.96. The summed E-state index contributed by atoms with van der Waals surface area (Å²) in [4.78, 5) is 16.6. The first-order valence-corrected chi connectivity index (χ1v) is 7.36. The molecule has 0 saturated heterocycles. The number of ketones is 1. The second-order valence-electron chi connectivity index (χ2n) is 4.87. The first-order valence-electron chi connectivity index (χ1n) is 6.48. The van der Waals surface area contributed by atoms with E-state index >= 15 is 0 Å². The third-order valence-electron chi connectivity index (χ3n) is 2.94. The molecule has 0 saturated carbocycles. The summed E-state index contributed by atoms with van der Waals surface area (Å²) < 4.78 is 26.5. The predicted molar refractivity (Wildman–Crippen MR) is 79.7 cm³/mol. The molecule has 5 heteroatoms. The minimum Gasteiger partial charge on any atom is -0.293 e.